The number of nitrogens with one attached hydrogen (secondary N) is 1. The molecule has 1 aromatic heterocycles. The number of hydrogen-bond donors (Lipinski definition) is 2. The van der Waals surface area contributed by atoms with Crippen molar-refractivity contribution in [1.82, 2.24) is 0 Å². The van der Waals surface area contributed by atoms with Crippen LogP contribution in [0, 0.1) is 12.3 Å². The lowest BCUT2D eigenvalue weighted by Gasteiger charge is -2.37. The molecule has 0 atom stereocenters. The van der Waals surface area contributed by atoms with Crippen LogP contribution in [0.2, 0.25) is 0 Å². The molecule has 1 heterocycles. The van der Waals surface area contributed by atoms with Crippen LogP contribution in [0.15, 0.2) is 229 Å². The van der Waals surface area contributed by atoms with Crippen molar-refractivity contribution in [3.8, 4) is 22.3 Å². The first-order valence-corrected chi connectivity index (χ1v) is 22.0. The Morgan fingerprint density at radius 2 is 1.05 bits per heavy atom. The molecule has 3 nitrogen and oxygen atoms in total. The largest absolute Gasteiger partial charge is 0.456 e. The van der Waals surface area contributed by atoms with Crippen molar-refractivity contribution < 1.29 is 4.42 Å². The van der Waals surface area contributed by atoms with E-state index in [9.17, 15) is 0 Å². The molecule has 0 radical (unpaired) electrons. The number of hydrogen-bond acceptors (Lipinski definition) is 3. The molecule has 0 amide bonds. The highest BCUT2D eigenvalue weighted by Crippen LogP contribution is 2.50. The molecule has 0 bridgehead atoms. The summed E-state index contributed by atoms with van der Waals surface area (Å²) in [7, 11) is 0. The highest BCUT2D eigenvalue weighted by Gasteiger charge is 2.38. The molecule has 0 spiro atoms. The zero-order chi connectivity index (χ0) is 44.1. The minimum Gasteiger partial charge on any atom is -0.456 e. The van der Waals surface area contributed by atoms with E-state index >= 15 is 0 Å². The van der Waals surface area contributed by atoms with Crippen LogP contribution in [-0.4, -0.2) is 6.21 Å². The maximum atomic E-state index is 7.93. The van der Waals surface area contributed by atoms with Crippen LogP contribution in [0.25, 0.3) is 44.2 Å². The predicted octanol–water partition coefficient (Wildman–Crippen LogP) is 15.1. The van der Waals surface area contributed by atoms with E-state index in [2.05, 4.69) is 191 Å². The SMILES string of the molecule is Cc1cccc2c1-c1ccccc1C2(C)C.N=Cc1cccc2oc3ccc(-c4cccc(C(c5ccccc5)(c5ccccc5)c5ccccc5)c4)cc3c12.NCc1ccccc1. The van der Waals surface area contributed by atoms with E-state index in [0.29, 0.717) is 6.54 Å². The molecular formula is C61H52N2O. The lowest BCUT2D eigenvalue weighted by molar-refractivity contribution is 0.660. The lowest BCUT2D eigenvalue weighted by Crippen LogP contribution is -2.31. The van der Waals surface area contributed by atoms with Gasteiger partial charge in [-0.3, -0.25) is 0 Å². The van der Waals surface area contributed by atoms with Gasteiger partial charge in [-0.1, -0.05) is 214 Å². The smallest absolute Gasteiger partial charge is 0.136 e. The third-order valence-electron chi connectivity index (χ3n) is 12.8. The fraction of sp³-hybridized carbons (Fsp3) is 0.0984. The second kappa shape index (κ2) is 18.0. The summed E-state index contributed by atoms with van der Waals surface area (Å²) >= 11 is 0. The van der Waals surface area contributed by atoms with E-state index in [0.717, 1.165) is 38.6 Å². The molecule has 1 aliphatic carbocycles. The summed E-state index contributed by atoms with van der Waals surface area (Å²) in [6.07, 6.45) is 1.40. The molecule has 3 N–H and O–H groups in total. The van der Waals surface area contributed by atoms with E-state index in [1.165, 1.54) is 61.8 Å². The topological polar surface area (TPSA) is 63.0 Å². The summed E-state index contributed by atoms with van der Waals surface area (Å²) in [5.41, 5.74) is 23.0. The number of nitrogens with two attached hydrogens (primary N) is 1. The number of furan rings is 1. The average molecular weight is 829 g/mol. The zero-order valence-corrected chi connectivity index (χ0v) is 36.6. The maximum absolute atomic E-state index is 7.93. The zero-order valence-electron chi connectivity index (χ0n) is 36.6. The Kier molecular flexibility index (Phi) is 11.8. The summed E-state index contributed by atoms with van der Waals surface area (Å²) < 4.78 is 6.13. The summed E-state index contributed by atoms with van der Waals surface area (Å²) in [5, 5.41) is 9.94. The van der Waals surface area contributed by atoms with Crippen LogP contribution in [0.5, 0.6) is 0 Å². The molecule has 10 aromatic rings. The van der Waals surface area contributed by atoms with Crippen LogP contribution in [0.4, 0.5) is 0 Å². The maximum Gasteiger partial charge on any atom is 0.136 e. The van der Waals surface area contributed by atoms with Crippen molar-refractivity contribution in [2.45, 2.75) is 38.1 Å². The van der Waals surface area contributed by atoms with E-state index in [-0.39, 0.29) is 5.41 Å². The monoisotopic (exact) mass is 828 g/mol. The second-order valence-electron chi connectivity index (χ2n) is 17.0. The first kappa shape index (κ1) is 41.7. The van der Waals surface area contributed by atoms with Gasteiger partial charge in [0.05, 0.1) is 5.41 Å². The van der Waals surface area contributed by atoms with Crippen LogP contribution in [0.1, 0.15) is 63.9 Å². The molecule has 0 saturated heterocycles. The Hall–Kier alpha value is -7.59. The fourth-order valence-corrected chi connectivity index (χ4v) is 9.70. The Morgan fingerprint density at radius 3 is 1.66 bits per heavy atom. The predicted molar refractivity (Wildman–Crippen MR) is 268 cm³/mol. The lowest BCUT2D eigenvalue weighted by atomic mass is 9.65. The summed E-state index contributed by atoms with van der Waals surface area (Å²) in [4.78, 5) is 0. The van der Waals surface area contributed by atoms with Gasteiger partial charge in [0.1, 0.15) is 11.2 Å². The molecule has 0 unspecified atom stereocenters. The van der Waals surface area contributed by atoms with Gasteiger partial charge in [-0.05, 0) is 98.0 Å². The quantitative estimate of drug-likeness (QED) is 0.124. The standard InChI is InChI=1S/C38H27NO.C16H16.C7H9N/c39-26-29-13-11-21-36-37(29)34-25-28(22-23-35(34)40-36)27-12-10-20-33(24-27)38(30-14-4-1-5-15-30,31-16-6-2-7-17-31)32-18-8-3-9-19-32;1-11-7-6-10-14-15(11)12-8-4-5-9-13(12)16(14,2)3;8-6-7-4-2-1-3-5-7/h1-26,39H;4-10H,1-3H3;1-5H,6,8H2. The number of fused-ring (bicyclic) bond motifs is 6. The summed E-state index contributed by atoms with van der Waals surface area (Å²) in [6.45, 7) is 7.48. The second-order valence-corrected chi connectivity index (χ2v) is 17.0. The van der Waals surface area contributed by atoms with Gasteiger partial charge in [-0.25, -0.2) is 0 Å². The third kappa shape index (κ3) is 7.65. The first-order chi connectivity index (χ1) is 31.3. The van der Waals surface area contributed by atoms with Crippen molar-refractivity contribution in [2.24, 2.45) is 5.73 Å². The van der Waals surface area contributed by atoms with E-state index in [1.54, 1.807) is 0 Å². The van der Waals surface area contributed by atoms with Crippen LogP contribution in [0.3, 0.4) is 0 Å². The molecule has 64 heavy (non-hydrogen) atoms. The molecule has 0 aliphatic heterocycles. The third-order valence-corrected chi connectivity index (χ3v) is 12.8. The van der Waals surface area contributed by atoms with Crippen LogP contribution in [-0.2, 0) is 17.4 Å². The van der Waals surface area contributed by atoms with Gasteiger partial charge in [0.15, 0.2) is 0 Å². The molecule has 3 heteroatoms. The average Bonchev–Trinajstić information content (AvgIpc) is 3.85. The van der Waals surface area contributed by atoms with Gasteiger partial charge in [0, 0.05) is 34.5 Å². The van der Waals surface area contributed by atoms with Gasteiger partial charge in [0.2, 0.25) is 0 Å². The highest BCUT2D eigenvalue weighted by molar-refractivity contribution is 6.13. The van der Waals surface area contributed by atoms with Crippen LogP contribution >= 0.6 is 0 Å². The molecule has 9 aromatic carbocycles. The van der Waals surface area contributed by atoms with Crippen molar-refractivity contribution in [3.05, 3.63) is 275 Å². The minimum atomic E-state index is -0.500. The number of aryl methyl sites for hydroxylation is 1. The molecule has 11 rings (SSSR count). The minimum absolute atomic E-state index is 0.151. The van der Waals surface area contributed by atoms with Crippen molar-refractivity contribution >= 4 is 28.2 Å². The molecule has 1 aliphatic rings. The van der Waals surface area contributed by atoms with Gasteiger partial charge < -0.3 is 15.6 Å². The van der Waals surface area contributed by atoms with Crippen molar-refractivity contribution in [2.75, 3.05) is 0 Å². The normalized spacial score (nSPS) is 12.3. The highest BCUT2D eigenvalue weighted by atomic mass is 16.3. The first-order valence-electron chi connectivity index (χ1n) is 22.0. The van der Waals surface area contributed by atoms with Gasteiger partial charge in [-0.2, -0.15) is 0 Å². The van der Waals surface area contributed by atoms with E-state index < -0.39 is 5.41 Å². The van der Waals surface area contributed by atoms with E-state index in [4.69, 9.17) is 15.6 Å². The molecule has 0 fully saturated rings. The Labute approximate surface area is 377 Å². The Balaban J connectivity index is 0.000000175. The number of rotatable bonds is 7. The fourth-order valence-electron chi connectivity index (χ4n) is 9.70. The molecule has 0 saturated carbocycles. The molecular weight excluding hydrogens is 777 g/mol. The molecule has 312 valence electrons. The van der Waals surface area contributed by atoms with Gasteiger partial charge >= 0.3 is 0 Å². The van der Waals surface area contributed by atoms with Crippen molar-refractivity contribution in [3.63, 3.8) is 0 Å². The Morgan fingerprint density at radius 1 is 0.516 bits per heavy atom. The Bertz CT molecular complexity index is 3090. The van der Waals surface area contributed by atoms with Gasteiger partial charge in [0.25, 0.3) is 0 Å². The summed E-state index contributed by atoms with van der Waals surface area (Å²) in [5.74, 6) is 0. The number of benzene rings is 9. The van der Waals surface area contributed by atoms with Crippen LogP contribution < -0.4 is 5.73 Å². The van der Waals surface area contributed by atoms with E-state index in [1.807, 2.05) is 54.6 Å². The van der Waals surface area contributed by atoms with Crippen molar-refractivity contribution in [1.29, 1.82) is 5.41 Å². The summed E-state index contributed by atoms with van der Waals surface area (Å²) in [6, 6.07) is 78.9. The van der Waals surface area contributed by atoms with Gasteiger partial charge in [-0.15, -0.1) is 0 Å².